The minimum atomic E-state index is 0.351. The quantitative estimate of drug-likeness (QED) is 0.374. The van der Waals surface area contributed by atoms with E-state index in [-0.39, 0.29) is 0 Å². The SMILES string of the molecule is Clc1nnnc(-c2cccc3ccccc23)c1-c1cccc2ccccc12. The Bertz CT molecular complexity index is 1290. The van der Waals surface area contributed by atoms with Crippen LogP contribution in [-0.2, 0) is 0 Å². The lowest BCUT2D eigenvalue weighted by atomic mass is 9.94. The van der Waals surface area contributed by atoms with Gasteiger partial charge in [0.05, 0.1) is 0 Å². The van der Waals surface area contributed by atoms with Crippen LogP contribution in [-0.4, -0.2) is 15.4 Å². The number of rotatable bonds is 2. The van der Waals surface area contributed by atoms with Gasteiger partial charge in [-0.15, -0.1) is 10.2 Å². The summed E-state index contributed by atoms with van der Waals surface area (Å²) in [6.07, 6.45) is 0. The van der Waals surface area contributed by atoms with Crippen LogP contribution in [0.2, 0.25) is 5.15 Å². The zero-order valence-electron chi connectivity index (χ0n) is 14.3. The fourth-order valence-electron chi connectivity index (χ4n) is 3.61. The van der Waals surface area contributed by atoms with Gasteiger partial charge in [-0.2, -0.15) is 0 Å². The number of halogens is 1. The number of hydrogen-bond donors (Lipinski definition) is 0. The maximum absolute atomic E-state index is 6.55. The normalized spacial score (nSPS) is 11.1. The molecule has 0 saturated carbocycles. The number of benzene rings is 4. The first-order chi connectivity index (χ1) is 13.3. The molecule has 0 aliphatic rings. The van der Waals surface area contributed by atoms with Crippen LogP contribution < -0.4 is 0 Å². The summed E-state index contributed by atoms with van der Waals surface area (Å²) >= 11 is 6.55. The van der Waals surface area contributed by atoms with Crippen LogP contribution >= 0.6 is 11.6 Å². The highest BCUT2D eigenvalue weighted by Crippen LogP contribution is 2.40. The van der Waals surface area contributed by atoms with Gasteiger partial charge in [0.2, 0.25) is 0 Å². The Morgan fingerprint density at radius 3 is 1.81 bits per heavy atom. The molecule has 0 bridgehead atoms. The number of hydrogen-bond acceptors (Lipinski definition) is 3. The van der Waals surface area contributed by atoms with Crippen molar-refractivity contribution in [2.45, 2.75) is 0 Å². The van der Waals surface area contributed by atoms with Crippen molar-refractivity contribution >= 4 is 33.1 Å². The standard InChI is InChI=1S/C23H14ClN3/c24-23-21(19-13-5-9-15-7-1-3-11-17(15)19)22(25-27-26-23)20-14-6-10-16-8-2-4-12-18(16)20/h1-14H. The third-order valence-electron chi connectivity index (χ3n) is 4.82. The molecule has 4 heteroatoms. The highest BCUT2D eigenvalue weighted by molar-refractivity contribution is 6.33. The van der Waals surface area contributed by atoms with Gasteiger partial charge in [0.25, 0.3) is 0 Å². The van der Waals surface area contributed by atoms with Crippen LogP contribution in [0.4, 0.5) is 0 Å². The minimum Gasteiger partial charge on any atom is -0.129 e. The topological polar surface area (TPSA) is 38.7 Å². The van der Waals surface area contributed by atoms with Crippen molar-refractivity contribution in [3.05, 3.63) is 90.1 Å². The molecule has 3 nitrogen and oxygen atoms in total. The molecule has 1 heterocycles. The number of nitrogens with zero attached hydrogens (tertiary/aromatic N) is 3. The predicted molar refractivity (Wildman–Crippen MR) is 111 cm³/mol. The van der Waals surface area contributed by atoms with Crippen LogP contribution in [0.15, 0.2) is 84.9 Å². The Hall–Kier alpha value is -3.30. The van der Waals surface area contributed by atoms with Crippen molar-refractivity contribution < 1.29 is 0 Å². The molecule has 0 N–H and O–H groups in total. The van der Waals surface area contributed by atoms with Gasteiger partial charge in [0, 0.05) is 11.1 Å². The lowest BCUT2D eigenvalue weighted by molar-refractivity contribution is 0.874. The lowest BCUT2D eigenvalue weighted by Gasteiger charge is -2.13. The van der Waals surface area contributed by atoms with Gasteiger partial charge in [0.15, 0.2) is 5.15 Å². The van der Waals surface area contributed by atoms with E-state index in [9.17, 15) is 0 Å². The van der Waals surface area contributed by atoms with Crippen LogP contribution in [0, 0.1) is 0 Å². The smallest absolute Gasteiger partial charge is 0.129 e. The molecule has 0 radical (unpaired) electrons. The molecule has 128 valence electrons. The second-order valence-electron chi connectivity index (χ2n) is 6.36. The van der Waals surface area contributed by atoms with E-state index in [4.69, 9.17) is 11.6 Å². The summed E-state index contributed by atoms with van der Waals surface area (Å²) in [6.45, 7) is 0. The van der Waals surface area contributed by atoms with E-state index in [1.807, 2.05) is 36.4 Å². The molecule has 0 aliphatic heterocycles. The molecule has 0 spiro atoms. The summed E-state index contributed by atoms with van der Waals surface area (Å²) in [5.41, 5.74) is 3.54. The summed E-state index contributed by atoms with van der Waals surface area (Å²) in [6, 6.07) is 28.8. The Morgan fingerprint density at radius 2 is 1.11 bits per heavy atom. The monoisotopic (exact) mass is 367 g/mol. The lowest BCUT2D eigenvalue weighted by Crippen LogP contribution is -1.98. The zero-order valence-corrected chi connectivity index (χ0v) is 15.1. The molecule has 0 unspecified atom stereocenters. The van der Waals surface area contributed by atoms with E-state index in [1.165, 1.54) is 0 Å². The van der Waals surface area contributed by atoms with Gasteiger partial charge >= 0.3 is 0 Å². The molecule has 27 heavy (non-hydrogen) atoms. The molecular weight excluding hydrogens is 354 g/mol. The fourth-order valence-corrected chi connectivity index (χ4v) is 3.83. The van der Waals surface area contributed by atoms with Gasteiger partial charge < -0.3 is 0 Å². The highest BCUT2D eigenvalue weighted by Gasteiger charge is 2.18. The van der Waals surface area contributed by atoms with Gasteiger partial charge in [-0.05, 0) is 32.3 Å². The number of fused-ring (bicyclic) bond motifs is 2. The van der Waals surface area contributed by atoms with Crippen molar-refractivity contribution in [1.29, 1.82) is 0 Å². The molecule has 0 aliphatic carbocycles. The van der Waals surface area contributed by atoms with Crippen molar-refractivity contribution in [2.24, 2.45) is 0 Å². The average molecular weight is 368 g/mol. The first-order valence-electron chi connectivity index (χ1n) is 8.68. The molecule has 0 fully saturated rings. The summed E-state index contributed by atoms with van der Waals surface area (Å²) < 4.78 is 0. The van der Waals surface area contributed by atoms with Crippen LogP contribution in [0.1, 0.15) is 0 Å². The molecule has 5 rings (SSSR count). The molecule has 0 amide bonds. The first-order valence-corrected chi connectivity index (χ1v) is 9.06. The summed E-state index contributed by atoms with van der Waals surface area (Å²) in [5, 5.41) is 17.2. The van der Waals surface area contributed by atoms with Crippen molar-refractivity contribution in [3.8, 4) is 22.4 Å². The van der Waals surface area contributed by atoms with E-state index in [1.54, 1.807) is 0 Å². The minimum absolute atomic E-state index is 0.351. The van der Waals surface area contributed by atoms with E-state index >= 15 is 0 Å². The van der Waals surface area contributed by atoms with Crippen molar-refractivity contribution in [1.82, 2.24) is 15.4 Å². The Balaban J connectivity index is 1.88. The van der Waals surface area contributed by atoms with E-state index in [2.05, 4.69) is 63.9 Å². The first kappa shape index (κ1) is 15.9. The van der Waals surface area contributed by atoms with Crippen LogP contribution in [0.25, 0.3) is 43.9 Å². The second-order valence-corrected chi connectivity index (χ2v) is 6.72. The third-order valence-corrected chi connectivity index (χ3v) is 5.09. The Labute approximate surface area is 161 Å². The maximum atomic E-state index is 6.55. The molecular formula is C23H14ClN3. The molecule has 4 aromatic carbocycles. The largest absolute Gasteiger partial charge is 0.163 e. The predicted octanol–water partition coefficient (Wildman–Crippen LogP) is 6.17. The molecule has 0 saturated heterocycles. The summed E-state index contributed by atoms with van der Waals surface area (Å²) in [7, 11) is 0. The summed E-state index contributed by atoms with van der Waals surface area (Å²) in [4.78, 5) is 0. The van der Waals surface area contributed by atoms with Gasteiger partial charge in [0.1, 0.15) is 5.69 Å². The van der Waals surface area contributed by atoms with Crippen molar-refractivity contribution in [3.63, 3.8) is 0 Å². The number of aromatic nitrogens is 3. The summed E-state index contributed by atoms with van der Waals surface area (Å²) in [5.74, 6) is 0. The molecule has 1 aromatic heterocycles. The van der Waals surface area contributed by atoms with Gasteiger partial charge in [-0.1, -0.05) is 96.5 Å². The zero-order chi connectivity index (χ0) is 18.2. The highest BCUT2D eigenvalue weighted by atomic mass is 35.5. The Morgan fingerprint density at radius 1 is 0.556 bits per heavy atom. The van der Waals surface area contributed by atoms with Gasteiger partial charge in [-0.3, -0.25) is 0 Å². The molecule has 5 aromatic rings. The van der Waals surface area contributed by atoms with Crippen LogP contribution in [0.5, 0.6) is 0 Å². The van der Waals surface area contributed by atoms with E-state index in [0.717, 1.165) is 43.9 Å². The fraction of sp³-hybridized carbons (Fsp3) is 0. The van der Waals surface area contributed by atoms with E-state index in [0.29, 0.717) is 5.15 Å². The molecule has 0 atom stereocenters. The van der Waals surface area contributed by atoms with Crippen molar-refractivity contribution in [2.75, 3.05) is 0 Å². The average Bonchev–Trinajstić information content (AvgIpc) is 2.73. The third kappa shape index (κ3) is 2.64. The maximum Gasteiger partial charge on any atom is 0.163 e. The van der Waals surface area contributed by atoms with Crippen LogP contribution in [0.3, 0.4) is 0 Å². The van der Waals surface area contributed by atoms with Gasteiger partial charge in [-0.25, -0.2) is 0 Å². The Kier molecular flexibility index (Phi) is 3.80. The van der Waals surface area contributed by atoms with E-state index < -0.39 is 0 Å². The second kappa shape index (κ2) is 6.45.